The summed E-state index contributed by atoms with van der Waals surface area (Å²) < 4.78 is 6.45. The van der Waals surface area contributed by atoms with E-state index in [4.69, 9.17) is 27.9 Å². The van der Waals surface area contributed by atoms with Crippen molar-refractivity contribution in [2.24, 2.45) is 0 Å². The molecule has 2 aromatic rings. The molecule has 0 unspecified atom stereocenters. The molecule has 0 saturated heterocycles. The van der Waals surface area contributed by atoms with Crippen LogP contribution in [-0.4, -0.2) is 5.11 Å². The van der Waals surface area contributed by atoms with Crippen LogP contribution in [0.2, 0.25) is 10.0 Å². The monoisotopic (exact) mass is 360 g/mol. The van der Waals surface area contributed by atoms with Gasteiger partial charge in [0.15, 0.2) is 0 Å². The number of hydrogen-bond acceptors (Lipinski definition) is 2. The van der Waals surface area contributed by atoms with E-state index in [0.717, 1.165) is 10.0 Å². The topological polar surface area (TPSA) is 29.5 Å². The van der Waals surface area contributed by atoms with E-state index in [2.05, 4.69) is 15.9 Å². The van der Waals surface area contributed by atoms with E-state index in [-0.39, 0.29) is 0 Å². The largest absolute Gasteiger partial charge is 0.456 e. The Bertz CT molecular complexity index is 600. The Morgan fingerprint density at radius 2 is 1.95 bits per heavy atom. The highest BCUT2D eigenvalue weighted by Crippen LogP contribution is 2.36. The lowest BCUT2D eigenvalue weighted by Gasteiger charge is -2.12. The second kappa shape index (κ2) is 6.14. The number of aliphatic hydroxyl groups excluding tert-OH is 1. The third-order valence-electron chi connectivity index (χ3n) is 2.57. The Morgan fingerprint density at radius 1 is 1.21 bits per heavy atom. The molecule has 0 aliphatic carbocycles. The smallest absolute Gasteiger partial charge is 0.147 e. The van der Waals surface area contributed by atoms with Crippen LogP contribution < -0.4 is 4.74 Å². The zero-order valence-electron chi connectivity index (χ0n) is 10.0. The Morgan fingerprint density at radius 3 is 2.58 bits per heavy atom. The summed E-state index contributed by atoms with van der Waals surface area (Å²) in [6, 6.07) is 10.5. The van der Waals surface area contributed by atoms with Crippen LogP contribution in [0.25, 0.3) is 0 Å². The van der Waals surface area contributed by atoms with Gasteiger partial charge in [0.2, 0.25) is 0 Å². The molecule has 0 fully saturated rings. The molecule has 0 saturated carbocycles. The van der Waals surface area contributed by atoms with Crippen LogP contribution in [-0.2, 0) is 0 Å². The van der Waals surface area contributed by atoms with Crippen molar-refractivity contribution in [3.05, 3.63) is 56.5 Å². The average molecular weight is 362 g/mol. The van der Waals surface area contributed by atoms with Crippen molar-refractivity contribution in [3.63, 3.8) is 0 Å². The van der Waals surface area contributed by atoms with Crippen molar-refractivity contribution in [2.45, 2.75) is 13.0 Å². The maximum Gasteiger partial charge on any atom is 0.147 e. The molecule has 0 aliphatic heterocycles. The first-order chi connectivity index (χ1) is 8.99. The maximum absolute atomic E-state index is 9.56. The molecular formula is C14H11BrCl2O2. The third kappa shape index (κ3) is 3.42. The van der Waals surface area contributed by atoms with Gasteiger partial charge in [-0.15, -0.1) is 0 Å². The first-order valence-corrected chi connectivity index (χ1v) is 7.13. The molecule has 0 aliphatic rings. The van der Waals surface area contributed by atoms with Crippen molar-refractivity contribution in [1.82, 2.24) is 0 Å². The number of ether oxygens (including phenoxy) is 1. The first-order valence-electron chi connectivity index (χ1n) is 5.58. The molecule has 0 bridgehead atoms. The number of hydrogen-bond donors (Lipinski definition) is 1. The van der Waals surface area contributed by atoms with Gasteiger partial charge in [0.25, 0.3) is 0 Å². The average Bonchev–Trinajstić information content (AvgIpc) is 2.34. The van der Waals surface area contributed by atoms with Crippen molar-refractivity contribution < 1.29 is 9.84 Å². The summed E-state index contributed by atoms with van der Waals surface area (Å²) in [4.78, 5) is 0. The van der Waals surface area contributed by atoms with Gasteiger partial charge in [0.05, 0.1) is 11.1 Å². The van der Waals surface area contributed by atoms with Gasteiger partial charge in [0.1, 0.15) is 16.5 Å². The van der Waals surface area contributed by atoms with Crippen molar-refractivity contribution in [2.75, 3.05) is 0 Å². The van der Waals surface area contributed by atoms with E-state index in [1.54, 1.807) is 43.3 Å². The summed E-state index contributed by atoms with van der Waals surface area (Å²) in [5, 5.41) is 10.4. The molecule has 2 rings (SSSR count). The SMILES string of the molecule is C[C@H](O)c1ccc(Oc2cccc(Cl)c2Cl)cc1Br. The van der Waals surface area contributed by atoms with Crippen LogP contribution in [0.5, 0.6) is 11.5 Å². The zero-order valence-corrected chi connectivity index (χ0v) is 13.1. The van der Waals surface area contributed by atoms with Gasteiger partial charge in [-0.05, 0) is 36.8 Å². The normalized spacial score (nSPS) is 12.3. The van der Waals surface area contributed by atoms with Gasteiger partial charge in [-0.3, -0.25) is 0 Å². The predicted molar refractivity (Wildman–Crippen MR) is 81.3 cm³/mol. The summed E-state index contributed by atoms with van der Waals surface area (Å²) in [5.74, 6) is 1.10. The number of benzene rings is 2. The highest BCUT2D eigenvalue weighted by molar-refractivity contribution is 9.10. The molecule has 1 N–H and O–H groups in total. The van der Waals surface area contributed by atoms with Gasteiger partial charge in [-0.2, -0.15) is 0 Å². The van der Waals surface area contributed by atoms with Gasteiger partial charge in [-0.1, -0.05) is 51.3 Å². The molecule has 5 heteroatoms. The van der Waals surface area contributed by atoms with Crippen LogP contribution in [0.3, 0.4) is 0 Å². The summed E-state index contributed by atoms with van der Waals surface area (Å²) in [7, 11) is 0. The molecule has 2 nitrogen and oxygen atoms in total. The lowest BCUT2D eigenvalue weighted by atomic mass is 10.1. The molecule has 0 spiro atoms. The van der Waals surface area contributed by atoms with Crippen LogP contribution in [0.1, 0.15) is 18.6 Å². The number of aliphatic hydroxyl groups is 1. The minimum Gasteiger partial charge on any atom is -0.456 e. The summed E-state index contributed by atoms with van der Waals surface area (Å²) >= 11 is 15.4. The minimum atomic E-state index is -0.543. The predicted octanol–water partition coefficient (Wildman–Crippen LogP) is 5.60. The van der Waals surface area contributed by atoms with Crippen molar-refractivity contribution >= 4 is 39.1 Å². The molecular weight excluding hydrogens is 351 g/mol. The number of rotatable bonds is 3. The standard InChI is InChI=1S/C14H11BrCl2O2/c1-8(18)10-6-5-9(7-11(10)15)19-13-4-2-3-12(16)14(13)17/h2-8,18H,1H3/t8-/m0/s1. The molecule has 2 aromatic carbocycles. The summed E-state index contributed by atoms with van der Waals surface area (Å²) in [5.41, 5.74) is 0.796. The van der Waals surface area contributed by atoms with Crippen LogP contribution in [0, 0.1) is 0 Å². The Balaban J connectivity index is 2.29. The van der Waals surface area contributed by atoms with E-state index in [9.17, 15) is 5.11 Å². The van der Waals surface area contributed by atoms with E-state index >= 15 is 0 Å². The van der Waals surface area contributed by atoms with Gasteiger partial charge in [0, 0.05) is 4.47 Å². The molecule has 1 atom stereocenters. The summed E-state index contributed by atoms with van der Waals surface area (Å²) in [6.07, 6.45) is -0.543. The van der Waals surface area contributed by atoms with Gasteiger partial charge >= 0.3 is 0 Å². The Hall–Kier alpha value is -0.740. The van der Waals surface area contributed by atoms with Crippen molar-refractivity contribution in [3.8, 4) is 11.5 Å². The fourth-order valence-corrected chi connectivity index (χ4v) is 2.62. The van der Waals surface area contributed by atoms with E-state index < -0.39 is 6.10 Å². The molecule has 100 valence electrons. The highest BCUT2D eigenvalue weighted by Gasteiger charge is 2.10. The maximum atomic E-state index is 9.56. The lowest BCUT2D eigenvalue weighted by Crippen LogP contribution is -1.93. The number of halogens is 3. The van der Waals surface area contributed by atoms with E-state index in [0.29, 0.717) is 21.5 Å². The molecule has 0 heterocycles. The molecule has 0 radical (unpaired) electrons. The first kappa shape index (κ1) is 14.7. The Kier molecular flexibility index (Phi) is 4.74. The summed E-state index contributed by atoms with van der Waals surface area (Å²) in [6.45, 7) is 1.70. The highest BCUT2D eigenvalue weighted by atomic mass is 79.9. The lowest BCUT2D eigenvalue weighted by molar-refractivity contribution is 0.198. The molecule has 0 amide bonds. The van der Waals surface area contributed by atoms with E-state index in [1.165, 1.54) is 0 Å². The molecule has 19 heavy (non-hydrogen) atoms. The third-order valence-corrected chi connectivity index (χ3v) is 4.05. The Labute approximate surface area is 130 Å². The quantitative estimate of drug-likeness (QED) is 0.770. The zero-order chi connectivity index (χ0) is 14.0. The van der Waals surface area contributed by atoms with Crippen LogP contribution in [0.4, 0.5) is 0 Å². The minimum absolute atomic E-state index is 0.375. The second-order valence-corrected chi connectivity index (χ2v) is 5.65. The fraction of sp³-hybridized carbons (Fsp3) is 0.143. The second-order valence-electron chi connectivity index (χ2n) is 4.01. The van der Waals surface area contributed by atoms with Gasteiger partial charge < -0.3 is 9.84 Å². The van der Waals surface area contributed by atoms with Crippen LogP contribution >= 0.6 is 39.1 Å². The van der Waals surface area contributed by atoms with Crippen molar-refractivity contribution in [1.29, 1.82) is 0 Å². The van der Waals surface area contributed by atoms with E-state index in [1.807, 2.05) is 0 Å². The fourth-order valence-electron chi connectivity index (χ4n) is 1.60. The van der Waals surface area contributed by atoms with Gasteiger partial charge in [-0.25, -0.2) is 0 Å². The van der Waals surface area contributed by atoms with Crippen LogP contribution in [0.15, 0.2) is 40.9 Å². The molecule has 0 aromatic heterocycles.